The van der Waals surface area contributed by atoms with Gasteiger partial charge in [0.1, 0.15) is 12.4 Å². The van der Waals surface area contributed by atoms with Gasteiger partial charge in [-0.1, -0.05) is 18.2 Å². The number of aliphatic hydroxyl groups is 1. The molecule has 0 saturated carbocycles. The highest BCUT2D eigenvalue weighted by Gasteiger charge is 2.07. The standard InChI is InChI=1S/C21H29N3O4/c1-4-22-21(23-14-16-6-5-7-18(12-16)26-2)24-15-17-8-9-19(28-11-10-25)20(13-17)27-3/h5-9,12-13,25H,4,10-11,14-15H2,1-3H3,(H2,22,23,24). The Morgan fingerprint density at radius 1 is 1.00 bits per heavy atom. The van der Waals surface area contributed by atoms with Gasteiger partial charge >= 0.3 is 0 Å². The molecule has 0 aliphatic rings. The van der Waals surface area contributed by atoms with Crippen LogP contribution in [-0.4, -0.2) is 45.0 Å². The number of benzene rings is 2. The summed E-state index contributed by atoms with van der Waals surface area (Å²) in [7, 11) is 3.25. The predicted octanol–water partition coefficient (Wildman–Crippen LogP) is 2.33. The van der Waals surface area contributed by atoms with Gasteiger partial charge in [-0.05, 0) is 42.3 Å². The van der Waals surface area contributed by atoms with Gasteiger partial charge in [-0.2, -0.15) is 0 Å². The molecule has 2 rings (SSSR count). The van der Waals surface area contributed by atoms with Crippen LogP contribution in [0.15, 0.2) is 47.5 Å². The maximum atomic E-state index is 8.90. The van der Waals surface area contributed by atoms with Crippen LogP contribution in [0.1, 0.15) is 18.1 Å². The summed E-state index contributed by atoms with van der Waals surface area (Å²) in [6, 6.07) is 13.6. The Hall–Kier alpha value is -2.93. The zero-order chi connectivity index (χ0) is 20.2. The molecule has 7 nitrogen and oxygen atoms in total. The first kappa shape index (κ1) is 21.4. The van der Waals surface area contributed by atoms with E-state index in [9.17, 15) is 0 Å². The molecular formula is C21H29N3O4. The van der Waals surface area contributed by atoms with Crippen LogP contribution in [0.2, 0.25) is 0 Å². The van der Waals surface area contributed by atoms with E-state index in [0.717, 1.165) is 29.4 Å². The number of aliphatic imine (C=N–C) groups is 1. The number of nitrogens with one attached hydrogen (secondary N) is 2. The van der Waals surface area contributed by atoms with E-state index < -0.39 is 0 Å². The number of methoxy groups -OCH3 is 2. The fourth-order valence-electron chi connectivity index (χ4n) is 2.57. The Kier molecular flexibility index (Phi) is 8.94. The number of nitrogens with zero attached hydrogens (tertiary/aromatic N) is 1. The zero-order valence-electron chi connectivity index (χ0n) is 16.7. The highest BCUT2D eigenvalue weighted by Crippen LogP contribution is 2.27. The Labute approximate surface area is 166 Å². The van der Waals surface area contributed by atoms with Crippen molar-refractivity contribution in [1.82, 2.24) is 10.6 Å². The van der Waals surface area contributed by atoms with E-state index in [1.54, 1.807) is 14.2 Å². The molecule has 0 amide bonds. The Bertz CT molecular complexity index is 765. The number of aliphatic hydroxyl groups excluding tert-OH is 1. The molecule has 3 N–H and O–H groups in total. The van der Waals surface area contributed by atoms with E-state index >= 15 is 0 Å². The summed E-state index contributed by atoms with van der Waals surface area (Å²) < 4.78 is 16.1. The third-order valence-electron chi connectivity index (χ3n) is 3.93. The highest BCUT2D eigenvalue weighted by molar-refractivity contribution is 5.79. The topological polar surface area (TPSA) is 84.3 Å². The van der Waals surface area contributed by atoms with E-state index in [4.69, 9.17) is 19.3 Å². The predicted molar refractivity (Wildman–Crippen MR) is 110 cm³/mol. The van der Waals surface area contributed by atoms with Crippen LogP contribution in [0.5, 0.6) is 17.2 Å². The molecule has 0 radical (unpaired) electrons. The van der Waals surface area contributed by atoms with Gasteiger partial charge in [-0.3, -0.25) is 0 Å². The Morgan fingerprint density at radius 3 is 2.57 bits per heavy atom. The van der Waals surface area contributed by atoms with Crippen molar-refractivity contribution in [3.05, 3.63) is 53.6 Å². The summed E-state index contributed by atoms with van der Waals surface area (Å²) in [4.78, 5) is 4.63. The molecule has 0 bridgehead atoms. The van der Waals surface area contributed by atoms with Crippen molar-refractivity contribution >= 4 is 5.96 Å². The second-order valence-corrected chi connectivity index (χ2v) is 5.96. The fourth-order valence-corrected chi connectivity index (χ4v) is 2.57. The molecule has 0 fully saturated rings. The van der Waals surface area contributed by atoms with Gasteiger partial charge < -0.3 is 30.0 Å². The zero-order valence-corrected chi connectivity index (χ0v) is 16.7. The summed E-state index contributed by atoms with van der Waals surface area (Å²) in [6.45, 7) is 4.11. The highest BCUT2D eigenvalue weighted by atomic mass is 16.5. The molecule has 0 aliphatic carbocycles. The molecule has 0 aliphatic heterocycles. The quantitative estimate of drug-likeness (QED) is 0.429. The number of rotatable bonds is 10. The summed E-state index contributed by atoms with van der Waals surface area (Å²) in [5, 5.41) is 15.5. The minimum Gasteiger partial charge on any atom is -0.497 e. The molecule has 0 atom stereocenters. The van der Waals surface area contributed by atoms with E-state index in [1.165, 1.54) is 0 Å². The number of hydrogen-bond acceptors (Lipinski definition) is 5. The molecule has 0 unspecified atom stereocenters. The van der Waals surface area contributed by atoms with Crippen molar-refractivity contribution in [1.29, 1.82) is 0 Å². The second-order valence-electron chi connectivity index (χ2n) is 5.96. The molecule has 28 heavy (non-hydrogen) atoms. The van der Waals surface area contributed by atoms with Gasteiger partial charge in [0.25, 0.3) is 0 Å². The molecule has 0 aromatic heterocycles. The van der Waals surface area contributed by atoms with Crippen LogP contribution in [0, 0.1) is 0 Å². The van der Waals surface area contributed by atoms with Gasteiger partial charge in [-0.15, -0.1) is 0 Å². The molecule has 2 aromatic carbocycles. The minimum atomic E-state index is -0.0394. The van der Waals surface area contributed by atoms with Crippen molar-refractivity contribution in [2.75, 3.05) is 34.0 Å². The largest absolute Gasteiger partial charge is 0.497 e. The van der Waals surface area contributed by atoms with E-state index in [2.05, 4.69) is 15.6 Å². The SMILES string of the molecule is CCNC(=NCc1cccc(OC)c1)NCc1ccc(OCCO)c(OC)c1. The van der Waals surface area contributed by atoms with Gasteiger partial charge in [0.15, 0.2) is 17.5 Å². The van der Waals surface area contributed by atoms with E-state index in [0.29, 0.717) is 24.6 Å². The van der Waals surface area contributed by atoms with Gasteiger partial charge in [0, 0.05) is 13.1 Å². The van der Waals surface area contributed by atoms with Gasteiger partial charge in [0.2, 0.25) is 0 Å². The van der Waals surface area contributed by atoms with Crippen LogP contribution in [0.25, 0.3) is 0 Å². The number of guanidine groups is 1. The number of ether oxygens (including phenoxy) is 3. The van der Waals surface area contributed by atoms with Crippen LogP contribution in [0.3, 0.4) is 0 Å². The average molecular weight is 387 g/mol. The summed E-state index contributed by atoms with van der Waals surface area (Å²) >= 11 is 0. The van der Waals surface area contributed by atoms with Gasteiger partial charge in [-0.25, -0.2) is 4.99 Å². The van der Waals surface area contributed by atoms with Crippen LogP contribution >= 0.6 is 0 Å². The molecule has 7 heteroatoms. The smallest absolute Gasteiger partial charge is 0.191 e. The average Bonchev–Trinajstić information content (AvgIpc) is 2.74. The van der Waals surface area contributed by atoms with Crippen molar-refractivity contribution in [2.24, 2.45) is 4.99 Å². The Morgan fingerprint density at radius 2 is 1.86 bits per heavy atom. The fraction of sp³-hybridized carbons (Fsp3) is 0.381. The Balaban J connectivity index is 2.01. The maximum absolute atomic E-state index is 8.90. The molecular weight excluding hydrogens is 358 g/mol. The van der Waals surface area contributed by atoms with Crippen molar-refractivity contribution in [3.63, 3.8) is 0 Å². The third-order valence-corrected chi connectivity index (χ3v) is 3.93. The molecule has 0 saturated heterocycles. The summed E-state index contributed by atoms with van der Waals surface area (Å²) in [5.74, 6) is 2.79. The van der Waals surface area contributed by atoms with Crippen molar-refractivity contribution in [2.45, 2.75) is 20.0 Å². The number of hydrogen-bond donors (Lipinski definition) is 3. The molecule has 152 valence electrons. The lowest BCUT2D eigenvalue weighted by molar-refractivity contribution is 0.196. The van der Waals surface area contributed by atoms with E-state index in [1.807, 2.05) is 49.4 Å². The monoisotopic (exact) mass is 387 g/mol. The minimum absolute atomic E-state index is 0.0394. The lowest BCUT2D eigenvalue weighted by atomic mass is 10.2. The lowest BCUT2D eigenvalue weighted by Gasteiger charge is -2.14. The van der Waals surface area contributed by atoms with Crippen LogP contribution < -0.4 is 24.8 Å². The van der Waals surface area contributed by atoms with E-state index in [-0.39, 0.29) is 13.2 Å². The van der Waals surface area contributed by atoms with Gasteiger partial charge in [0.05, 0.1) is 27.4 Å². The first-order valence-corrected chi connectivity index (χ1v) is 9.25. The van der Waals surface area contributed by atoms with Crippen LogP contribution in [-0.2, 0) is 13.1 Å². The van der Waals surface area contributed by atoms with Crippen LogP contribution in [0.4, 0.5) is 0 Å². The van der Waals surface area contributed by atoms with Crippen molar-refractivity contribution < 1.29 is 19.3 Å². The molecule has 2 aromatic rings. The first-order valence-electron chi connectivity index (χ1n) is 9.25. The van der Waals surface area contributed by atoms with Crippen molar-refractivity contribution in [3.8, 4) is 17.2 Å². The maximum Gasteiger partial charge on any atom is 0.191 e. The molecule has 0 heterocycles. The second kappa shape index (κ2) is 11.7. The normalized spacial score (nSPS) is 11.1. The first-order chi connectivity index (χ1) is 13.7. The summed E-state index contributed by atoms with van der Waals surface area (Å²) in [5.41, 5.74) is 2.10. The summed E-state index contributed by atoms with van der Waals surface area (Å²) in [6.07, 6.45) is 0. The lowest BCUT2D eigenvalue weighted by Crippen LogP contribution is -2.36. The molecule has 0 spiro atoms. The third kappa shape index (κ3) is 6.66.